The average molecular weight is 398 g/mol. The fourth-order valence-corrected chi connectivity index (χ4v) is 3.26. The fourth-order valence-electron chi connectivity index (χ4n) is 3.00. The molecule has 28 heavy (non-hydrogen) atoms. The Labute approximate surface area is 170 Å². The van der Waals surface area contributed by atoms with Crippen LogP contribution in [0.5, 0.6) is 0 Å². The van der Waals surface area contributed by atoms with Crippen LogP contribution in [0.4, 0.5) is 0 Å². The van der Waals surface area contributed by atoms with Gasteiger partial charge in [-0.05, 0) is 25.7 Å². The summed E-state index contributed by atoms with van der Waals surface area (Å²) >= 11 is 6.31. The Balaban J connectivity index is 1.53. The smallest absolute Gasteiger partial charge is 0.220 e. The van der Waals surface area contributed by atoms with E-state index < -0.39 is 0 Å². The van der Waals surface area contributed by atoms with Crippen molar-refractivity contribution in [3.63, 3.8) is 0 Å². The first-order chi connectivity index (χ1) is 13.5. The summed E-state index contributed by atoms with van der Waals surface area (Å²) in [5.41, 5.74) is 1.97. The SMILES string of the molecule is CN(C)[C@H](CNC(=O)CCc1ncc(-c2ccccc2)o1)c1ccccc1Cl. The highest BCUT2D eigenvalue weighted by Gasteiger charge is 2.18. The van der Waals surface area contributed by atoms with Gasteiger partial charge in [-0.15, -0.1) is 0 Å². The second-order valence-electron chi connectivity index (χ2n) is 6.79. The van der Waals surface area contributed by atoms with E-state index in [2.05, 4.69) is 10.3 Å². The van der Waals surface area contributed by atoms with Crippen molar-refractivity contribution in [1.82, 2.24) is 15.2 Å². The van der Waals surface area contributed by atoms with Crippen LogP contribution in [-0.4, -0.2) is 36.4 Å². The number of aromatic nitrogens is 1. The van der Waals surface area contributed by atoms with E-state index in [1.807, 2.05) is 73.6 Å². The highest BCUT2D eigenvalue weighted by atomic mass is 35.5. The predicted octanol–water partition coefficient (Wildman–Crippen LogP) is 4.35. The molecular formula is C22H24ClN3O2. The van der Waals surface area contributed by atoms with Crippen molar-refractivity contribution in [3.05, 3.63) is 77.3 Å². The Hall–Kier alpha value is -2.63. The van der Waals surface area contributed by atoms with E-state index in [1.54, 1.807) is 6.20 Å². The van der Waals surface area contributed by atoms with Crippen molar-refractivity contribution in [2.24, 2.45) is 0 Å². The zero-order valence-corrected chi connectivity index (χ0v) is 16.8. The molecule has 0 spiro atoms. The summed E-state index contributed by atoms with van der Waals surface area (Å²) in [7, 11) is 3.94. The number of hydrogen-bond donors (Lipinski definition) is 1. The van der Waals surface area contributed by atoms with E-state index in [-0.39, 0.29) is 11.9 Å². The molecule has 1 N–H and O–H groups in total. The highest BCUT2D eigenvalue weighted by Crippen LogP contribution is 2.25. The van der Waals surface area contributed by atoms with Gasteiger partial charge in [-0.1, -0.05) is 60.1 Å². The summed E-state index contributed by atoms with van der Waals surface area (Å²) in [6, 6.07) is 17.5. The fraction of sp³-hybridized carbons (Fsp3) is 0.273. The molecule has 3 aromatic rings. The van der Waals surface area contributed by atoms with Gasteiger partial charge in [0.2, 0.25) is 5.91 Å². The molecule has 1 heterocycles. The van der Waals surface area contributed by atoms with Gasteiger partial charge >= 0.3 is 0 Å². The quantitative estimate of drug-likeness (QED) is 0.614. The molecule has 0 fully saturated rings. The largest absolute Gasteiger partial charge is 0.441 e. The van der Waals surface area contributed by atoms with Crippen molar-refractivity contribution in [2.45, 2.75) is 18.9 Å². The third-order valence-electron chi connectivity index (χ3n) is 4.56. The van der Waals surface area contributed by atoms with Gasteiger partial charge in [0.15, 0.2) is 11.7 Å². The molecule has 1 atom stereocenters. The maximum Gasteiger partial charge on any atom is 0.220 e. The molecule has 146 valence electrons. The number of nitrogens with zero attached hydrogens (tertiary/aromatic N) is 2. The second kappa shape index (κ2) is 9.53. The van der Waals surface area contributed by atoms with E-state index >= 15 is 0 Å². The van der Waals surface area contributed by atoms with Gasteiger partial charge in [0.25, 0.3) is 0 Å². The van der Waals surface area contributed by atoms with Crippen LogP contribution in [-0.2, 0) is 11.2 Å². The summed E-state index contributed by atoms with van der Waals surface area (Å²) in [6.07, 6.45) is 2.47. The van der Waals surface area contributed by atoms with Crippen LogP contribution in [0.2, 0.25) is 5.02 Å². The van der Waals surface area contributed by atoms with Gasteiger partial charge in [-0.2, -0.15) is 0 Å². The standard InChI is InChI=1S/C22H24ClN3O2/c1-26(2)19(17-10-6-7-11-18(17)23)14-24-21(27)12-13-22-25-15-20(28-22)16-8-4-3-5-9-16/h3-11,15,19H,12-14H2,1-2H3,(H,24,27)/t19-/m1/s1. The van der Waals surface area contributed by atoms with Crippen LogP contribution in [0, 0.1) is 0 Å². The maximum atomic E-state index is 12.3. The van der Waals surface area contributed by atoms with Gasteiger partial charge < -0.3 is 14.6 Å². The molecule has 0 radical (unpaired) electrons. The van der Waals surface area contributed by atoms with Crippen molar-refractivity contribution < 1.29 is 9.21 Å². The third-order valence-corrected chi connectivity index (χ3v) is 4.90. The van der Waals surface area contributed by atoms with Gasteiger partial charge in [0.1, 0.15) is 0 Å². The van der Waals surface area contributed by atoms with E-state index in [9.17, 15) is 4.79 Å². The number of likely N-dealkylation sites (N-methyl/N-ethyl adjacent to an activating group) is 1. The normalized spacial score (nSPS) is 12.1. The van der Waals surface area contributed by atoms with Crippen LogP contribution in [0.3, 0.4) is 0 Å². The van der Waals surface area contributed by atoms with E-state index in [1.165, 1.54) is 0 Å². The minimum absolute atomic E-state index is 0.00377. The molecule has 1 aromatic heterocycles. The zero-order valence-electron chi connectivity index (χ0n) is 16.1. The van der Waals surface area contributed by atoms with Crippen LogP contribution in [0.1, 0.15) is 23.9 Å². The van der Waals surface area contributed by atoms with Gasteiger partial charge in [0, 0.05) is 30.0 Å². The Morgan fingerprint density at radius 3 is 2.57 bits per heavy atom. The number of benzene rings is 2. The number of amides is 1. The van der Waals surface area contributed by atoms with E-state index in [0.29, 0.717) is 36.1 Å². The lowest BCUT2D eigenvalue weighted by atomic mass is 10.1. The third kappa shape index (κ3) is 5.21. The Kier molecular flexibility index (Phi) is 6.85. The molecule has 2 aromatic carbocycles. The van der Waals surface area contributed by atoms with Gasteiger partial charge in [-0.25, -0.2) is 4.98 Å². The minimum atomic E-state index is -0.0432. The van der Waals surface area contributed by atoms with Gasteiger partial charge in [0.05, 0.1) is 12.2 Å². The molecule has 0 bridgehead atoms. The number of oxazole rings is 1. The molecule has 1 amide bonds. The topological polar surface area (TPSA) is 58.4 Å². The van der Waals surface area contributed by atoms with Crippen molar-refractivity contribution >= 4 is 17.5 Å². The van der Waals surface area contributed by atoms with Crippen LogP contribution >= 0.6 is 11.6 Å². The molecule has 0 aliphatic heterocycles. The number of halogens is 1. The molecule has 0 aliphatic rings. The van der Waals surface area contributed by atoms with Crippen LogP contribution in [0.15, 0.2) is 65.2 Å². The highest BCUT2D eigenvalue weighted by molar-refractivity contribution is 6.31. The first kappa shape index (κ1) is 20.1. The summed E-state index contributed by atoms with van der Waals surface area (Å²) in [5.74, 6) is 1.23. The zero-order chi connectivity index (χ0) is 19.9. The van der Waals surface area contributed by atoms with E-state index in [0.717, 1.165) is 11.1 Å². The summed E-state index contributed by atoms with van der Waals surface area (Å²) < 4.78 is 5.75. The number of carbonyl (C=O) groups is 1. The summed E-state index contributed by atoms with van der Waals surface area (Å²) in [5, 5.41) is 3.69. The van der Waals surface area contributed by atoms with Crippen molar-refractivity contribution in [2.75, 3.05) is 20.6 Å². The van der Waals surface area contributed by atoms with Crippen molar-refractivity contribution in [1.29, 1.82) is 0 Å². The number of nitrogens with one attached hydrogen (secondary N) is 1. The Bertz CT molecular complexity index is 909. The number of aryl methyl sites for hydroxylation is 1. The lowest BCUT2D eigenvalue weighted by Gasteiger charge is -2.26. The molecular weight excluding hydrogens is 374 g/mol. The monoisotopic (exact) mass is 397 g/mol. The number of hydrogen-bond acceptors (Lipinski definition) is 4. The summed E-state index contributed by atoms with van der Waals surface area (Å²) in [4.78, 5) is 18.6. The maximum absolute atomic E-state index is 12.3. The van der Waals surface area contributed by atoms with E-state index in [4.69, 9.17) is 16.0 Å². The lowest BCUT2D eigenvalue weighted by Crippen LogP contribution is -2.34. The molecule has 5 nitrogen and oxygen atoms in total. The van der Waals surface area contributed by atoms with Gasteiger partial charge in [-0.3, -0.25) is 4.79 Å². The number of rotatable bonds is 8. The second-order valence-corrected chi connectivity index (χ2v) is 7.20. The molecule has 0 saturated heterocycles. The molecule has 0 aliphatic carbocycles. The molecule has 0 saturated carbocycles. The molecule has 3 rings (SSSR count). The van der Waals surface area contributed by atoms with Crippen LogP contribution in [0.25, 0.3) is 11.3 Å². The van der Waals surface area contributed by atoms with Crippen LogP contribution < -0.4 is 5.32 Å². The molecule has 0 unspecified atom stereocenters. The minimum Gasteiger partial charge on any atom is -0.441 e. The first-order valence-corrected chi connectivity index (χ1v) is 9.60. The molecule has 6 heteroatoms. The first-order valence-electron chi connectivity index (χ1n) is 9.22. The Morgan fingerprint density at radius 1 is 1.14 bits per heavy atom. The lowest BCUT2D eigenvalue weighted by molar-refractivity contribution is -0.121. The Morgan fingerprint density at radius 2 is 1.86 bits per heavy atom. The predicted molar refractivity (Wildman–Crippen MR) is 111 cm³/mol. The van der Waals surface area contributed by atoms with Crippen molar-refractivity contribution in [3.8, 4) is 11.3 Å². The number of carbonyl (C=O) groups excluding carboxylic acids is 1. The summed E-state index contributed by atoms with van der Waals surface area (Å²) in [6.45, 7) is 0.483. The average Bonchev–Trinajstić information content (AvgIpc) is 3.17.